The Bertz CT molecular complexity index is 514. The molecule has 1 fully saturated rings. The van der Waals surface area contributed by atoms with Gasteiger partial charge in [-0.25, -0.2) is 13.1 Å². The van der Waals surface area contributed by atoms with Crippen molar-refractivity contribution in [1.29, 1.82) is 0 Å². The molecule has 0 aliphatic heterocycles. The van der Waals surface area contributed by atoms with Crippen molar-refractivity contribution in [2.24, 2.45) is 5.92 Å². The fourth-order valence-corrected chi connectivity index (χ4v) is 4.30. The average Bonchev–Trinajstić information content (AvgIpc) is 2.69. The van der Waals surface area contributed by atoms with E-state index < -0.39 is 10.0 Å². The predicted octanol–water partition coefficient (Wildman–Crippen LogP) is 2.10. The highest BCUT2D eigenvalue weighted by Gasteiger charge is 2.25. The second kappa shape index (κ2) is 5.81. The van der Waals surface area contributed by atoms with Crippen molar-refractivity contribution in [2.75, 3.05) is 6.54 Å². The maximum atomic E-state index is 12.2. The minimum absolute atomic E-state index is 0.256. The van der Waals surface area contributed by atoms with Gasteiger partial charge in [0.2, 0.25) is 10.0 Å². The van der Waals surface area contributed by atoms with Crippen LogP contribution in [0.15, 0.2) is 4.90 Å². The van der Waals surface area contributed by atoms with E-state index in [1.54, 1.807) is 13.8 Å². The third kappa shape index (κ3) is 3.49. The quantitative estimate of drug-likeness (QED) is 0.837. The highest BCUT2D eigenvalue weighted by Crippen LogP contribution is 2.27. The third-order valence-electron chi connectivity index (χ3n) is 3.67. The van der Waals surface area contributed by atoms with Gasteiger partial charge in [0.15, 0.2) is 0 Å². The minimum Gasteiger partial charge on any atom is -0.281 e. The Labute approximate surface area is 119 Å². The van der Waals surface area contributed by atoms with Gasteiger partial charge >= 0.3 is 0 Å². The Hall–Kier alpha value is -0.590. The normalized spacial score (nSPS) is 24.6. The van der Waals surface area contributed by atoms with Crippen LogP contribution in [0.2, 0.25) is 0 Å². The van der Waals surface area contributed by atoms with Gasteiger partial charge in [-0.2, -0.15) is 5.10 Å². The molecule has 0 radical (unpaired) electrons. The maximum absolute atomic E-state index is 12.2. The number of hydrogen-bond donors (Lipinski definition) is 2. The van der Waals surface area contributed by atoms with Crippen LogP contribution in [0, 0.1) is 19.8 Å². The van der Waals surface area contributed by atoms with Gasteiger partial charge in [0.25, 0.3) is 0 Å². The van der Waals surface area contributed by atoms with Crippen molar-refractivity contribution in [2.45, 2.75) is 49.8 Å². The van der Waals surface area contributed by atoms with Gasteiger partial charge in [-0.15, -0.1) is 11.6 Å². The number of alkyl halides is 1. The van der Waals surface area contributed by atoms with E-state index in [0.29, 0.717) is 23.9 Å². The van der Waals surface area contributed by atoms with Crippen molar-refractivity contribution in [3.05, 3.63) is 11.4 Å². The number of halogens is 1. The number of H-pyrrole nitrogens is 1. The van der Waals surface area contributed by atoms with Gasteiger partial charge in [-0.3, -0.25) is 5.10 Å². The van der Waals surface area contributed by atoms with E-state index >= 15 is 0 Å². The molecular formula is C12H20ClN3O2S. The van der Waals surface area contributed by atoms with Crippen LogP contribution in [0.25, 0.3) is 0 Å². The molecule has 0 bridgehead atoms. The van der Waals surface area contributed by atoms with Gasteiger partial charge in [0, 0.05) is 11.9 Å². The average molecular weight is 306 g/mol. The summed E-state index contributed by atoms with van der Waals surface area (Å²) in [5.41, 5.74) is 1.09. The van der Waals surface area contributed by atoms with E-state index in [2.05, 4.69) is 14.9 Å². The molecule has 2 N–H and O–H groups in total. The molecule has 19 heavy (non-hydrogen) atoms. The molecule has 5 nitrogen and oxygen atoms in total. The number of aromatic nitrogens is 2. The standard InChI is InChI=1S/C12H20ClN3O2S/c1-8-12(9(2)16-15-8)19(17,18)14-7-10-3-5-11(13)6-4-10/h10-11,14H,3-7H2,1-2H3,(H,15,16). The smallest absolute Gasteiger partial charge is 0.244 e. The summed E-state index contributed by atoms with van der Waals surface area (Å²) in [6.45, 7) is 3.89. The largest absolute Gasteiger partial charge is 0.281 e. The van der Waals surface area contributed by atoms with Gasteiger partial charge in [-0.05, 0) is 45.4 Å². The van der Waals surface area contributed by atoms with E-state index in [9.17, 15) is 8.42 Å². The van der Waals surface area contributed by atoms with Crippen LogP contribution in [0.5, 0.6) is 0 Å². The number of rotatable bonds is 4. The number of sulfonamides is 1. The van der Waals surface area contributed by atoms with Gasteiger partial charge < -0.3 is 0 Å². The summed E-state index contributed by atoms with van der Waals surface area (Å²) in [6, 6.07) is 0. The Kier molecular flexibility index (Phi) is 4.53. The molecule has 1 heterocycles. The topological polar surface area (TPSA) is 74.8 Å². The fourth-order valence-electron chi connectivity index (χ4n) is 2.56. The number of aryl methyl sites for hydroxylation is 2. The zero-order chi connectivity index (χ0) is 14.0. The van der Waals surface area contributed by atoms with Crippen LogP contribution in [0.3, 0.4) is 0 Å². The summed E-state index contributed by atoms with van der Waals surface area (Å²) in [6.07, 6.45) is 3.91. The molecule has 0 atom stereocenters. The monoisotopic (exact) mass is 305 g/mol. The Morgan fingerprint density at radius 2 is 1.95 bits per heavy atom. The van der Waals surface area contributed by atoms with Gasteiger partial charge in [0.1, 0.15) is 4.90 Å². The van der Waals surface area contributed by atoms with Crippen molar-refractivity contribution in [3.63, 3.8) is 0 Å². The highest BCUT2D eigenvalue weighted by atomic mass is 35.5. The molecule has 1 aliphatic rings. The first kappa shape index (κ1) is 14.8. The van der Waals surface area contributed by atoms with Gasteiger partial charge in [0.05, 0.1) is 11.4 Å². The molecule has 0 saturated heterocycles. The van der Waals surface area contributed by atoms with Crippen molar-refractivity contribution in [1.82, 2.24) is 14.9 Å². The Morgan fingerprint density at radius 3 is 2.47 bits per heavy atom. The molecule has 7 heteroatoms. The second-order valence-electron chi connectivity index (χ2n) is 5.23. The lowest BCUT2D eigenvalue weighted by Gasteiger charge is -2.24. The molecule has 1 aromatic heterocycles. The number of hydrogen-bond acceptors (Lipinski definition) is 3. The first-order valence-electron chi connectivity index (χ1n) is 6.55. The van der Waals surface area contributed by atoms with Crippen molar-refractivity contribution in [3.8, 4) is 0 Å². The SMILES string of the molecule is Cc1n[nH]c(C)c1S(=O)(=O)NCC1CCC(Cl)CC1. The molecule has 1 saturated carbocycles. The number of nitrogens with zero attached hydrogens (tertiary/aromatic N) is 1. The van der Waals surface area contributed by atoms with Crippen molar-refractivity contribution < 1.29 is 8.42 Å². The fraction of sp³-hybridized carbons (Fsp3) is 0.750. The van der Waals surface area contributed by atoms with Crippen molar-refractivity contribution >= 4 is 21.6 Å². The van der Waals surface area contributed by atoms with E-state index in [0.717, 1.165) is 25.7 Å². The van der Waals surface area contributed by atoms with Crippen LogP contribution in [0.4, 0.5) is 0 Å². The van der Waals surface area contributed by atoms with Crippen LogP contribution in [-0.4, -0.2) is 30.5 Å². The second-order valence-corrected chi connectivity index (χ2v) is 7.55. The molecule has 1 aliphatic carbocycles. The van der Waals surface area contributed by atoms with Crippen LogP contribution < -0.4 is 4.72 Å². The number of nitrogens with one attached hydrogen (secondary N) is 2. The number of aromatic amines is 1. The minimum atomic E-state index is -3.47. The zero-order valence-electron chi connectivity index (χ0n) is 11.2. The van der Waals surface area contributed by atoms with Crippen LogP contribution >= 0.6 is 11.6 Å². The molecule has 108 valence electrons. The van der Waals surface area contributed by atoms with E-state index in [4.69, 9.17) is 11.6 Å². The molecular weight excluding hydrogens is 286 g/mol. The van der Waals surface area contributed by atoms with E-state index in [-0.39, 0.29) is 10.3 Å². The lowest BCUT2D eigenvalue weighted by atomic mass is 9.89. The lowest BCUT2D eigenvalue weighted by Crippen LogP contribution is -2.32. The Morgan fingerprint density at radius 1 is 1.32 bits per heavy atom. The van der Waals surface area contributed by atoms with E-state index in [1.165, 1.54) is 0 Å². The first-order chi connectivity index (χ1) is 8.90. The van der Waals surface area contributed by atoms with Crippen LogP contribution in [0.1, 0.15) is 37.1 Å². The summed E-state index contributed by atoms with van der Waals surface area (Å²) in [4.78, 5) is 0.276. The molecule has 0 amide bonds. The first-order valence-corrected chi connectivity index (χ1v) is 8.47. The molecule has 0 spiro atoms. The summed E-state index contributed by atoms with van der Waals surface area (Å²) >= 11 is 6.04. The summed E-state index contributed by atoms with van der Waals surface area (Å²) in [7, 11) is -3.47. The zero-order valence-corrected chi connectivity index (χ0v) is 12.8. The third-order valence-corrected chi connectivity index (χ3v) is 5.79. The molecule has 0 unspecified atom stereocenters. The maximum Gasteiger partial charge on any atom is 0.244 e. The summed E-state index contributed by atoms with van der Waals surface area (Å²) in [5, 5.41) is 6.88. The highest BCUT2D eigenvalue weighted by molar-refractivity contribution is 7.89. The predicted molar refractivity (Wildman–Crippen MR) is 74.8 cm³/mol. The summed E-state index contributed by atoms with van der Waals surface area (Å²) in [5.74, 6) is 0.386. The van der Waals surface area contributed by atoms with Gasteiger partial charge in [-0.1, -0.05) is 0 Å². The summed E-state index contributed by atoms with van der Waals surface area (Å²) < 4.78 is 27.2. The lowest BCUT2D eigenvalue weighted by molar-refractivity contribution is 0.361. The molecule has 1 aromatic rings. The molecule has 0 aromatic carbocycles. The van der Waals surface area contributed by atoms with Crippen LogP contribution in [-0.2, 0) is 10.0 Å². The Balaban J connectivity index is 1.99. The molecule has 2 rings (SSSR count). The van der Waals surface area contributed by atoms with E-state index in [1.807, 2.05) is 0 Å².